The zero-order chi connectivity index (χ0) is 22.3. The molecule has 0 saturated carbocycles. The van der Waals surface area contributed by atoms with E-state index in [2.05, 4.69) is 0 Å². The number of hydrogen-bond donors (Lipinski definition) is 5. The van der Waals surface area contributed by atoms with E-state index in [-0.39, 0.29) is 33.7 Å². The second-order valence-corrected chi connectivity index (χ2v) is 7.00. The van der Waals surface area contributed by atoms with E-state index in [1.54, 1.807) is 18.2 Å². The van der Waals surface area contributed by atoms with Gasteiger partial charge in [0.05, 0.1) is 10.9 Å². The summed E-state index contributed by atoms with van der Waals surface area (Å²) in [5.74, 6) is -1.46. The predicted octanol–water partition coefficient (Wildman–Crippen LogP) is 0.437. The van der Waals surface area contributed by atoms with E-state index in [0.29, 0.717) is 5.56 Å². The molecule has 31 heavy (non-hydrogen) atoms. The van der Waals surface area contributed by atoms with Crippen LogP contribution in [0.25, 0.3) is 22.3 Å². The number of rotatable bonds is 4. The molecule has 3 aromatic rings. The number of fused-ring (bicyclic) bond motifs is 1. The van der Waals surface area contributed by atoms with Crippen LogP contribution in [0.2, 0.25) is 0 Å². The predicted molar refractivity (Wildman–Crippen MR) is 105 cm³/mol. The summed E-state index contributed by atoms with van der Waals surface area (Å²) in [5, 5.41) is 49.1. The lowest BCUT2D eigenvalue weighted by Gasteiger charge is -2.38. The second kappa shape index (κ2) is 8.00. The Labute approximate surface area is 174 Å². The standard InChI is InChI=1S/C21H18O10/c22-12-4-2-1-3-10(12)15-8-13(23)11-6-5-9(7-14(11)30-15)29-21-18(26)16(24)17(25)19(31-21)20(27)28/h1-8,16-19,21-22,24-26H,(H,27,28)/t16-,17-,18+,19-,21?/m0/s1. The number of phenols is 1. The van der Waals surface area contributed by atoms with Gasteiger partial charge in [0.1, 0.15) is 41.2 Å². The summed E-state index contributed by atoms with van der Waals surface area (Å²) in [6.07, 6.45) is -8.81. The van der Waals surface area contributed by atoms with Crippen LogP contribution in [0.15, 0.2) is 57.7 Å². The van der Waals surface area contributed by atoms with Crippen molar-refractivity contribution < 1.29 is 44.2 Å². The molecule has 0 bridgehead atoms. The summed E-state index contributed by atoms with van der Waals surface area (Å²) in [6.45, 7) is 0. The molecule has 0 radical (unpaired) electrons. The van der Waals surface area contributed by atoms with Crippen molar-refractivity contribution >= 4 is 16.9 Å². The molecule has 0 aliphatic carbocycles. The van der Waals surface area contributed by atoms with Crippen LogP contribution in [0.3, 0.4) is 0 Å². The Hall–Kier alpha value is -3.44. The van der Waals surface area contributed by atoms with Gasteiger partial charge in [0.15, 0.2) is 11.5 Å². The van der Waals surface area contributed by atoms with Crippen LogP contribution >= 0.6 is 0 Å². The highest BCUT2D eigenvalue weighted by Crippen LogP contribution is 2.31. The van der Waals surface area contributed by atoms with Crippen molar-refractivity contribution in [1.29, 1.82) is 0 Å². The van der Waals surface area contributed by atoms with Crippen molar-refractivity contribution in [2.24, 2.45) is 0 Å². The Morgan fingerprint density at radius 1 is 0.968 bits per heavy atom. The van der Waals surface area contributed by atoms with E-state index in [9.17, 15) is 30.0 Å². The molecule has 5 atom stereocenters. The average Bonchev–Trinajstić information content (AvgIpc) is 2.74. The topological polar surface area (TPSA) is 167 Å². The average molecular weight is 430 g/mol. The minimum atomic E-state index is -1.84. The zero-order valence-electron chi connectivity index (χ0n) is 15.8. The van der Waals surface area contributed by atoms with Gasteiger partial charge >= 0.3 is 5.97 Å². The molecule has 0 spiro atoms. The van der Waals surface area contributed by atoms with E-state index in [4.69, 9.17) is 19.0 Å². The van der Waals surface area contributed by atoms with Crippen LogP contribution < -0.4 is 10.2 Å². The van der Waals surface area contributed by atoms with E-state index in [1.807, 2.05) is 0 Å². The summed E-state index contributed by atoms with van der Waals surface area (Å²) >= 11 is 0. The van der Waals surface area contributed by atoms with Crippen molar-refractivity contribution in [1.82, 2.24) is 0 Å². The number of aliphatic hydroxyl groups excluding tert-OH is 3. The van der Waals surface area contributed by atoms with Gasteiger partial charge in [0, 0.05) is 12.1 Å². The van der Waals surface area contributed by atoms with Gasteiger partial charge in [0.2, 0.25) is 6.29 Å². The number of hydrogen-bond acceptors (Lipinski definition) is 9. The molecule has 162 valence electrons. The van der Waals surface area contributed by atoms with Gasteiger partial charge in [0.25, 0.3) is 0 Å². The van der Waals surface area contributed by atoms with Crippen LogP contribution in [-0.4, -0.2) is 62.2 Å². The lowest BCUT2D eigenvalue weighted by Crippen LogP contribution is -2.61. The maximum atomic E-state index is 12.5. The Balaban J connectivity index is 1.68. The van der Waals surface area contributed by atoms with Gasteiger partial charge in [-0.2, -0.15) is 0 Å². The van der Waals surface area contributed by atoms with Crippen molar-refractivity contribution in [3.05, 3.63) is 58.8 Å². The lowest BCUT2D eigenvalue weighted by molar-refractivity contribution is -0.271. The normalized spacial score (nSPS) is 26.0. The summed E-state index contributed by atoms with van der Waals surface area (Å²) in [7, 11) is 0. The fourth-order valence-electron chi connectivity index (χ4n) is 3.31. The maximum Gasteiger partial charge on any atom is 0.335 e. The summed E-state index contributed by atoms with van der Waals surface area (Å²) < 4.78 is 16.3. The highest BCUT2D eigenvalue weighted by atomic mass is 16.7. The summed E-state index contributed by atoms with van der Waals surface area (Å²) in [4.78, 5) is 23.7. The number of carboxylic acid groups (broad SMARTS) is 1. The minimum absolute atomic E-state index is 0.0434. The number of ether oxygens (including phenoxy) is 2. The molecule has 1 saturated heterocycles. The van der Waals surface area contributed by atoms with E-state index in [0.717, 1.165) is 0 Å². The number of carboxylic acids is 1. The Kier molecular flexibility index (Phi) is 5.38. The number of para-hydroxylation sites is 1. The third kappa shape index (κ3) is 3.84. The van der Waals surface area contributed by atoms with Crippen LogP contribution in [0.5, 0.6) is 11.5 Å². The second-order valence-electron chi connectivity index (χ2n) is 7.00. The first-order valence-corrected chi connectivity index (χ1v) is 9.21. The number of aliphatic carboxylic acids is 1. The molecule has 1 unspecified atom stereocenters. The number of phenolic OH excluding ortho intramolecular Hbond substituents is 1. The fraction of sp³-hybridized carbons (Fsp3) is 0.238. The van der Waals surface area contributed by atoms with Crippen molar-refractivity contribution in [2.45, 2.75) is 30.7 Å². The molecule has 1 aliphatic rings. The Bertz CT molecular complexity index is 1190. The molecule has 2 heterocycles. The number of benzene rings is 2. The van der Waals surface area contributed by atoms with Gasteiger partial charge in [-0.25, -0.2) is 4.79 Å². The molecule has 4 rings (SSSR count). The molecule has 10 heteroatoms. The molecule has 2 aromatic carbocycles. The van der Waals surface area contributed by atoms with Crippen molar-refractivity contribution in [2.75, 3.05) is 0 Å². The molecule has 1 fully saturated rings. The number of carbonyl (C=O) groups is 1. The van der Waals surface area contributed by atoms with Crippen molar-refractivity contribution in [3.8, 4) is 22.8 Å². The summed E-state index contributed by atoms with van der Waals surface area (Å²) in [5.41, 5.74) is 0.0358. The molecule has 5 N–H and O–H groups in total. The smallest absolute Gasteiger partial charge is 0.335 e. The minimum Gasteiger partial charge on any atom is -0.507 e. The van der Waals surface area contributed by atoms with Gasteiger partial charge in [-0.1, -0.05) is 12.1 Å². The Morgan fingerprint density at radius 3 is 2.42 bits per heavy atom. The van der Waals surface area contributed by atoms with Crippen LogP contribution in [0.1, 0.15) is 0 Å². The third-order valence-electron chi connectivity index (χ3n) is 4.94. The summed E-state index contributed by atoms with van der Waals surface area (Å²) in [6, 6.07) is 11.6. The van der Waals surface area contributed by atoms with E-state index in [1.165, 1.54) is 30.3 Å². The highest BCUT2D eigenvalue weighted by molar-refractivity contribution is 5.80. The monoisotopic (exact) mass is 430 g/mol. The largest absolute Gasteiger partial charge is 0.507 e. The fourth-order valence-corrected chi connectivity index (χ4v) is 3.31. The van der Waals surface area contributed by atoms with Crippen molar-refractivity contribution in [3.63, 3.8) is 0 Å². The van der Waals surface area contributed by atoms with Gasteiger partial charge in [-0.15, -0.1) is 0 Å². The first kappa shape index (κ1) is 20.8. The number of aliphatic hydroxyl groups is 3. The van der Waals surface area contributed by atoms with Gasteiger partial charge in [-0.3, -0.25) is 4.79 Å². The lowest BCUT2D eigenvalue weighted by atomic mass is 9.99. The third-order valence-corrected chi connectivity index (χ3v) is 4.94. The molecule has 1 aromatic heterocycles. The quantitative estimate of drug-likeness (QED) is 0.392. The molecule has 0 amide bonds. The Morgan fingerprint density at radius 2 is 1.71 bits per heavy atom. The van der Waals surface area contributed by atoms with E-state index >= 15 is 0 Å². The zero-order valence-corrected chi connectivity index (χ0v) is 15.8. The molecule has 10 nitrogen and oxygen atoms in total. The number of aromatic hydroxyl groups is 1. The first-order valence-electron chi connectivity index (χ1n) is 9.21. The maximum absolute atomic E-state index is 12.5. The van der Waals surface area contributed by atoms with Crippen LogP contribution in [0, 0.1) is 0 Å². The first-order chi connectivity index (χ1) is 14.8. The van der Waals surface area contributed by atoms with Gasteiger partial charge in [-0.05, 0) is 24.3 Å². The van der Waals surface area contributed by atoms with E-state index < -0.39 is 36.7 Å². The highest BCUT2D eigenvalue weighted by Gasteiger charge is 2.48. The molecule has 1 aliphatic heterocycles. The van der Waals surface area contributed by atoms with Crippen LogP contribution in [-0.2, 0) is 9.53 Å². The van der Waals surface area contributed by atoms with Gasteiger partial charge < -0.3 is 39.4 Å². The SMILES string of the molecule is O=C(O)[C@H]1OC(Oc2ccc3c(=O)cc(-c4ccccc4O)oc3c2)[C@H](O)[C@@H](O)[C@@H]1O. The van der Waals surface area contributed by atoms with Crippen LogP contribution in [0.4, 0.5) is 0 Å². The molecular weight excluding hydrogens is 412 g/mol. The molecular formula is C21H18O10.